The minimum atomic E-state index is -2.50. The Morgan fingerprint density at radius 1 is 1.09 bits per heavy atom. The summed E-state index contributed by atoms with van der Waals surface area (Å²) in [5.74, 6) is -1.06. The van der Waals surface area contributed by atoms with E-state index in [-0.39, 0.29) is 5.92 Å². The summed E-state index contributed by atoms with van der Waals surface area (Å²) in [6, 6.07) is 7.74. The first kappa shape index (κ1) is 18.4. The van der Waals surface area contributed by atoms with E-state index in [0.717, 1.165) is 44.9 Å². The molecule has 1 nitrogen and oxygen atoms in total. The van der Waals surface area contributed by atoms with Gasteiger partial charge in [-0.05, 0) is 42.7 Å². The SMILES string of the molecule is CCCc1ccc(C(O)(C2CCCCC2)C(CC)C(F)F)cc1. The van der Waals surface area contributed by atoms with Gasteiger partial charge in [0, 0.05) is 0 Å². The summed E-state index contributed by atoms with van der Waals surface area (Å²) in [5, 5.41) is 11.5. The lowest BCUT2D eigenvalue weighted by Gasteiger charge is -2.44. The Kier molecular flexibility index (Phi) is 6.58. The van der Waals surface area contributed by atoms with Crippen LogP contribution in [0.3, 0.4) is 0 Å². The summed E-state index contributed by atoms with van der Waals surface area (Å²) in [5.41, 5.74) is 0.470. The van der Waals surface area contributed by atoms with Crippen molar-refractivity contribution in [3.8, 4) is 0 Å². The highest BCUT2D eigenvalue weighted by Crippen LogP contribution is 2.47. The molecule has 2 rings (SSSR count). The third-order valence-electron chi connectivity index (χ3n) is 5.49. The molecule has 0 heterocycles. The average molecular weight is 324 g/mol. The van der Waals surface area contributed by atoms with Crippen molar-refractivity contribution in [2.45, 2.75) is 77.2 Å². The number of benzene rings is 1. The third-order valence-corrected chi connectivity index (χ3v) is 5.49. The summed E-state index contributed by atoms with van der Waals surface area (Å²) in [7, 11) is 0. The summed E-state index contributed by atoms with van der Waals surface area (Å²) >= 11 is 0. The second kappa shape index (κ2) is 8.23. The first-order valence-corrected chi connectivity index (χ1v) is 9.13. The molecule has 1 saturated carbocycles. The van der Waals surface area contributed by atoms with Crippen LogP contribution in [0.2, 0.25) is 0 Å². The fraction of sp³-hybridized carbons (Fsp3) is 0.700. The zero-order chi connectivity index (χ0) is 16.9. The third kappa shape index (κ3) is 3.93. The predicted octanol–water partition coefficient (Wildman–Crippen LogP) is 5.70. The molecular formula is C20H30F2O. The number of aryl methyl sites for hydroxylation is 1. The van der Waals surface area contributed by atoms with Crippen LogP contribution in [0, 0.1) is 11.8 Å². The summed E-state index contributed by atoms with van der Waals surface area (Å²) in [6.45, 7) is 3.88. The maximum Gasteiger partial charge on any atom is 0.244 e. The van der Waals surface area contributed by atoms with Crippen molar-refractivity contribution >= 4 is 0 Å². The summed E-state index contributed by atoms with van der Waals surface area (Å²) in [6.07, 6.45) is 4.72. The number of aliphatic hydroxyl groups is 1. The molecule has 1 N–H and O–H groups in total. The molecular weight excluding hydrogens is 294 g/mol. The van der Waals surface area contributed by atoms with Crippen molar-refractivity contribution in [1.82, 2.24) is 0 Å². The average Bonchev–Trinajstić information content (AvgIpc) is 2.56. The van der Waals surface area contributed by atoms with Gasteiger partial charge in [0.05, 0.1) is 5.92 Å². The summed E-state index contributed by atoms with van der Waals surface area (Å²) in [4.78, 5) is 0. The molecule has 1 aliphatic carbocycles. The summed E-state index contributed by atoms with van der Waals surface area (Å²) < 4.78 is 27.4. The van der Waals surface area contributed by atoms with Crippen molar-refractivity contribution in [3.63, 3.8) is 0 Å². The van der Waals surface area contributed by atoms with Crippen molar-refractivity contribution < 1.29 is 13.9 Å². The molecule has 0 saturated heterocycles. The van der Waals surface area contributed by atoms with Gasteiger partial charge in [-0.2, -0.15) is 0 Å². The maximum atomic E-state index is 13.7. The van der Waals surface area contributed by atoms with Gasteiger partial charge in [0.15, 0.2) is 0 Å². The molecule has 2 atom stereocenters. The van der Waals surface area contributed by atoms with Gasteiger partial charge in [0.25, 0.3) is 0 Å². The fourth-order valence-corrected chi connectivity index (χ4v) is 4.20. The molecule has 1 aromatic rings. The molecule has 1 fully saturated rings. The van der Waals surface area contributed by atoms with E-state index in [1.807, 2.05) is 24.3 Å². The largest absolute Gasteiger partial charge is 0.384 e. The second-order valence-electron chi connectivity index (χ2n) is 6.96. The van der Waals surface area contributed by atoms with Gasteiger partial charge >= 0.3 is 0 Å². The van der Waals surface area contributed by atoms with Crippen LogP contribution in [0.25, 0.3) is 0 Å². The van der Waals surface area contributed by atoms with Gasteiger partial charge in [0.2, 0.25) is 6.43 Å². The highest BCUT2D eigenvalue weighted by Gasteiger charge is 2.48. The lowest BCUT2D eigenvalue weighted by molar-refractivity contribution is -0.136. The normalized spacial score (nSPS) is 20.4. The smallest absolute Gasteiger partial charge is 0.244 e. The van der Waals surface area contributed by atoms with Gasteiger partial charge in [-0.1, -0.05) is 63.8 Å². The monoisotopic (exact) mass is 324 g/mol. The molecule has 2 unspecified atom stereocenters. The molecule has 23 heavy (non-hydrogen) atoms. The van der Waals surface area contributed by atoms with Gasteiger partial charge in [-0.3, -0.25) is 0 Å². The van der Waals surface area contributed by atoms with Crippen molar-refractivity contribution in [1.29, 1.82) is 0 Å². The number of halogens is 2. The van der Waals surface area contributed by atoms with Crippen LogP contribution in [0.1, 0.15) is 69.9 Å². The highest BCUT2D eigenvalue weighted by atomic mass is 19.3. The Bertz CT molecular complexity index is 465. The van der Waals surface area contributed by atoms with Gasteiger partial charge in [-0.15, -0.1) is 0 Å². The highest BCUT2D eigenvalue weighted by molar-refractivity contribution is 5.29. The van der Waals surface area contributed by atoms with Crippen LogP contribution in [0.4, 0.5) is 8.78 Å². The van der Waals surface area contributed by atoms with Crippen LogP contribution in [0.5, 0.6) is 0 Å². The molecule has 130 valence electrons. The van der Waals surface area contributed by atoms with E-state index in [0.29, 0.717) is 12.0 Å². The van der Waals surface area contributed by atoms with E-state index in [1.165, 1.54) is 5.56 Å². The van der Waals surface area contributed by atoms with Gasteiger partial charge < -0.3 is 5.11 Å². The van der Waals surface area contributed by atoms with Crippen LogP contribution < -0.4 is 0 Å². The fourth-order valence-electron chi connectivity index (χ4n) is 4.20. The Labute approximate surface area is 139 Å². The maximum absolute atomic E-state index is 13.7. The zero-order valence-corrected chi connectivity index (χ0v) is 14.4. The lowest BCUT2D eigenvalue weighted by atomic mass is 9.66. The topological polar surface area (TPSA) is 20.2 Å². The molecule has 0 bridgehead atoms. The van der Waals surface area contributed by atoms with E-state index < -0.39 is 17.9 Å². The quantitative estimate of drug-likeness (QED) is 0.682. The van der Waals surface area contributed by atoms with Crippen molar-refractivity contribution in [3.05, 3.63) is 35.4 Å². The molecule has 1 aliphatic rings. The standard InChI is InChI=1S/C20H30F2O/c1-3-8-15-11-13-17(14-12-15)20(23,18(4-2)19(21)22)16-9-6-5-7-10-16/h11-14,16,18-19,23H,3-10H2,1-2H3. The number of hydrogen-bond acceptors (Lipinski definition) is 1. The molecule has 0 aromatic heterocycles. The van der Waals surface area contributed by atoms with Crippen LogP contribution >= 0.6 is 0 Å². The molecule has 3 heteroatoms. The van der Waals surface area contributed by atoms with E-state index in [1.54, 1.807) is 6.92 Å². The van der Waals surface area contributed by atoms with E-state index >= 15 is 0 Å². The molecule has 1 aromatic carbocycles. The first-order chi connectivity index (χ1) is 11.0. The molecule has 0 amide bonds. The van der Waals surface area contributed by atoms with Crippen molar-refractivity contribution in [2.24, 2.45) is 11.8 Å². The van der Waals surface area contributed by atoms with E-state index in [4.69, 9.17) is 0 Å². The predicted molar refractivity (Wildman–Crippen MR) is 90.7 cm³/mol. The number of rotatable bonds is 7. The van der Waals surface area contributed by atoms with Gasteiger partial charge in [-0.25, -0.2) is 8.78 Å². The Morgan fingerprint density at radius 2 is 1.70 bits per heavy atom. The van der Waals surface area contributed by atoms with E-state index in [2.05, 4.69) is 6.92 Å². The van der Waals surface area contributed by atoms with E-state index in [9.17, 15) is 13.9 Å². The van der Waals surface area contributed by atoms with Crippen LogP contribution in [0.15, 0.2) is 24.3 Å². The molecule has 0 radical (unpaired) electrons. The molecule has 0 aliphatic heterocycles. The first-order valence-electron chi connectivity index (χ1n) is 9.13. The lowest BCUT2D eigenvalue weighted by Crippen LogP contribution is -2.46. The van der Waals surface area contributed by atoms with Crippen molar-refractivity contribution in [2.75, 3.05) is 0 Å². The molecule has 0 spiro atoms. The number of hydrogen-bond donors (Lipinski definition) is 1. The number of alkyl halides is 2. The second-order valence-corrected chi connectivity index (χ2v) is 6.96. The minimum absolute atomic E-state index is 0.0628. The van der Waals surface area contributed by atoms with Crippen LogP contribution in [-0.4, -0.2) is 11.5 Å². The van der Waals surface area contributed by atoms with Crippen LogP contribution in [-0.2, 0) is 12.0 Å². The Morgan fingerprint density at radius 3 is 2.17 bits per heavy atom. The Balaban J connectivity index is 2.38. The Hall–Kier alpha value is -0.960. The minimum Gasteiger partial charge on any atom is -0.384 e. The van der Waals surface area contributed by atoms with Gasteiger partial charge in [0.1, 0.15) is 5.60 Å². The zero-order valence-electron chi connectivity index (χ0n) is 14.4.